The molecule has 0 saturated heterocycles. The average molecular weight is 384 g/mol. The van der Waals surface area contributed by atoms with Gasteiger partial charge in [0.2, 0.25) is 10.0 Å². The van der Waals surface area contributed by atoms with Crippen LogP contribution in [0.2, 0.25) is 0 Å². The number of benzene rings is 2. The van der Waals surface area contributed by atoms with Crippen LogP contribution < -0.4 is 15.8 Å². The summed E-state index contributed by atoms with van der Waals surface area (Å²) in [5, 5.41) is 10.3. The van der Waals surface area contributed by atoms with E-state index in [4.69, 9.17) is 5.14 Å². The lowest BCUT2D eigenvalue weighted by molar-refractivity contribution is 0.251. The molecule has 2 aromatic rings. The van der Waals surface area contributed by atoms with Gasteiger partial charge in [-0.25, -0.2) is 18.4 Å². The number of hydrogen-bond acceptors (Lipinski definition) is 3. The maximum Gasteiger partial charge on any atom is 0.319 e. The first-order valence-electron chi connectivity index (χ1n) is 6.27. The fraction of sp³-hybridized carbons (Fsp3) is 0.0714. The number of sulfonamides is 1. The zero-order valence-corrected chi connectivity index (χ0v) is 13.8. The van der Waals surface area contributed by atoms with E-state index >= 15 is 0 Å². The van der Waals surface area contributed by atoms with Gasteiger partial charge in [-0.05, 0) is 35.9 Å². The molecular formula is C14H14BrN3O3S. The summed E-state index contributed by atoms with van der Waals surface area (Å²) < 4.78 is 23.2. The van der Waals surface area contributed by atoms with Crippen molar-refractivity contribution in [3.63, 3.8) is 0 Å². The van der Waals surface area contributed by atoms with Crippen molar-refractivity contribution >= 4 is 37.7 Å². The number of rotatable bonds is 4. The third-order valence-electron chi connectivity index (χ3n) is 2.84. The Morgan fingerprint density at radius 3 is 2.32 bits per heavy atom. The van der Waals surface area contributed by atoms with Gasteiger partial charge in [0.05, 0.1) is 4.90 Å². The van der Waals surface area contributed by atoms with Gasteiger partial charge in [-0.2, -0.15) is 0 Å². The molecule has 0 aliphatic carbocycles. The summed E-state index contributed by atoms with van der Waals surface area (Å²) in [6.07, 6.45) is 0. The van der Waals surface area contributed by atoms with Crippen molar-refractivity contribution in [2.75, 3.05) is 5.32 Å². The summed E-state index contributed by atoms with van der Waals surface area (Å²) in [6.45, 7) is 0.364. The zero-order valence-electron chi connectivity index (χ0n) is 11.4. The highest BCUT2D eigenvalue weighted by atomic mass is 79.9. The number of halogens is 1. The molecule has 0 fully saturated rings. The van der Waals surface area contributed by atoms with Gasteiger partial charge in [-0.15, -0.1) is 0 Å². The van der Waals surface area contributed by atoms with Crippen LogP contribution in [-0.2, 0) is 16.6 Å². The van der Waals surface area contributed by atoms with E-state index in [9.17, 15) is 13.2 Å². The highest BCUT2D eigenvalue weighted by molar-refractivity contribution is 9.10. The molecule has 0 bridgehead atoms. The van der Waals surface area contributed by atoms with E-state index in [1.807, 2.05) is 24.3 Å². The molecule has 8 heteroatoms. The molecule has 0 radical (unpaired) electrons. The number of carbonyl (C=O) groups excluding carboxylic acids is 1. The van der Waals surface area contributed by atoms with Crippen LogP contribution in [0.25, 0.3) is 0 Å². The Labute approximate surface area is 136 Å². The number of urea groups is 1. The molecule has 4 N–H and O–H groups in total. The van der Waals surface area contributed by atoms with Gasteiger partial charge >= 0.3 is 6.03 Å². The van der Waals surface area contributed by atoms with Crippen molar-refractivity contribution < 1.29 is 13.2 Å². The second-order valence-electron chi connectivity index (χ2n) is 4.47. The van der Waals surface area contributed by atoms with Crippen molar-refractivity contribution in [3.8, 4) is 0 Å². The predicted molar refractivity (Wildman–Crippen MR) is 87.8 cm³/mol. The van der Waals surface area contributed by atoms with Crippen LogP contribution in [0, 0.1) is 0 Å². The molecule has 0 unspecified atom stereocenters. The second kappa shape index (κ2) is 6.91. The largest absolute Gasteiger partial charge is 0.334 e. The van der Waals surface area contributed by atoms with Gasteiger partial charge < -0.3 is 10.6 Å². The van der Waals surface area contributed by atoms with E-state index in [-0.39, 0.29) is 10.9 Å². The molecule has 0 saturated carbocycles. The number of anilines is 1. The molecule has 0 atom stereocenters. The van der Waals surface area contributed by atoms with Crippen LogP contribution in [0.1, 0.15) is 5.56 Å². The molecule has 116 valence electrons. The van der Waals surface area contributed by atoms with Crippen LogP contribution in [0.3, 0.4) is 0 Å². The molecule has 6 nitrogen and oxygen atoms in total. The van der Waals surface area contributed by atoms with Gasteiger partial charge in [0.1, 0.15) is 0 Å². The third-order valence-corrected chi connectivity index (χ3v) is 4.54. The van der Waals surface area contributed by atoms with E-state index in [1.54, 1.807) is 0 Å². The minimum Gasteiger partial charge on any atom is -0.334 e. The van der Waals surface area contributed by atoms with Gasteiger partial charge in [0.15, 0.2) is 0 Å². The number of nitrogens with one attached hydrogen (secondary N) is 2. The fourth-order valence-corrected chi connectivity index (χ4v) is 2.66. The maximum absolute atomic E-state index is 11.8. The van der Waals surface area contributed by atoms with Crippen LogP contribution >= 0.6 is 15.9 Å². The van der Waals surface area contributed by atoms with Crippen LogP contribution in [0.5, 0.6) is 0 Å². The predicted octanol–water partition coefficient (Wildman–Crippen LogP) is 2.42. The van der Waals surface area contributed by atoms with Gasteiger partial charge in [0.25, 0.3) is 0 Å². The van der Waals surface area contributed by atoms with E-state index in [1.165, 1.54) is 24.3 Å². The summed E-state index contributed by atoms with van der Waals surface area (Å²) >= 11 is 3.40. The molecular weight excluding hydrogens is 370 g/mol. The first-order chi connectivity index (χ1) is 10.4. The van der Waals surface area contributed by atoms with E-state index in [0.717, 1.165) is 10.0 Å². The highest BCUT2D eigenvalue weighted by Gasteiger charge is 2.08. The first kappa shape index (κ1) is 16.5. The van der Waals surface area contributed by atoms with Gasteiger partial charge in [-0.1, -0.05) is 34.1 Å². The van der Waals surface area contributed by atoms with Crippen LogP contribution in [0.4, 0.5) is 10.5 Å². The Balaban J connectivity index is 1.94. The van der Waals surface area contributed by atoms with Crippen molar-refractivity contribution in [3.05, 3.63) is 58.6 Å². The van der Waals surface area contributed by atoms with Crippen molar-refractivity contribution in [1.29, 1.82) is 0 Å². The Hall–Kier alpha value is -1.90. The minimum atomic E-state index is -3.73. The number of nitrogens with two attached hydrogens (primary N) is 1. The number of amides is 2. The molecule has 0 aromatic heterocycles. The Kier molecular flexibility index (Phi) is 5.17. The standard InChI is InChI=1S/C14H14BrN3O3S/c15-13-4-2-1-3-10(13)9-17-14(19)18-11-5-7-12(8-6-11)22(16,20)21/h1-8H,9H2,(H2,16,20,21)(H2,17,18,19). The summed E-state index contributed by atoms with van der Waals surface area (Å²) in [4.78, 5) is 11.8. The first-order valence-corrected chi connectivity index (χ1v) is 8.61. The van der Waals surface area contributed by atoms with Crippen LogP contribution in [-0.4, -0.2) is 14.4 Å². The molecule has 0 spiro atoms. The van der Waals surface area contributed by atoms with Crippen molar-refractivity contribution in [1.82, 2.24) is 5.32 Å². The quantitative estimate of drug-likeness (QED) is 0.755. The van der Waals surface area contributed by atoms with Crippen molar-refractivity contribution in [2.24, 2.45) is 5.14 Å². The maximum atomic E-state index is 11.8. The third kappa shape index (κ3) is 4.55. The Morgan fingerprint density at radius 2 is 1.73 bits per heavy atom. The monoisotopic (exact) mass is 383 g/mol. The molecule has 2 rings (SSSR count). The second-order valence-corrected chi connectivity index (χ2v) is 6.88. The van der Waals surface area contributed by atoms with E-state index < -0.39 is 10.0 Å². The number of primary sulfonamides is 1. The molecule has 0 aliphatic heterocycles. The summed E-state index contributed by atoms with van der Waals surface area (Å²) in [5.41, 5.74) is 1.42. The van der Waals surface area contributed by atoms with E-state index in [0.29, 0.717) is 12.2 Å². The SMILES string of the molecule is NS(=O)(=O)c1ccc(NC(=O)NCc2ccccc2Br)cc1. The zero-order chi connectivity index (χ0) is 16.2. The van der Waals surface area contributed by atoms with Gasteiger partial charge in [0, 0.05) is 16.7 Å². The van der Waals surface area contributed by atoms with Crippen molar-refractivity contribution in [2.45, 2.75) is 11.4 Å². The smallest absolute Gasteiger partial charge is 0.319 e. The Morgan fingerprint density at radius 1 is 1.09 bits per heavy atom. The van der Waals surface area contributed by atoms with Gasteiger partial charge in [-0.3, -0.25) is 0 Å². The summed E-state index contributed by atoms with van der Waals surface area (Å²) in [6, 6.07) is 12.8. The summed E-state index contributed by atoms with van der Waals surface area (Å²) in [5.74, 6) is 0. The molecule has 22 heavy (non-hydrogen) atoms. The average Bonchev–Trinajstić information content (AvgIpc) is 2.46. The Bertz CT molecular complexity index is 776. The highest BCUT2D eigenvalue weighted by Crippen LogP contribution is 2.16. The molecule has 0 heterocycles. The minimum absolute atomic E-state index is 0.00771. The van der Waals surface area contributed by atoms with Crippen LogP contribution in [0.15, 0.2) is 57.9 Å². The normalized spacial score (nSPS) is 11.0. The molecule has 2 amide bonds. The number of carbonyl (C=O) groups is 1. The molecule has 0 aliphatic rings. The lowest BCUT2D eigenvalue weighted by Crippen LogP contribution is -2.28. The lowest BCUT2D eigenvalue weighted by atomic mass is 10.2. The fourth-order valence-electron chi connectivity index (χ4n) is 1.72. The van der Waals surface area contributed by atoms with E-state index in [2.05, 4.69) is 26.6 Å². The molecule has 2 aromatic carbocycles. The number of hydrogen-bond donors (Lipinski definition) is 3. The topological polar surface area (TPSA) is 101 Å². The lowest BCUT2D eigenvalue weighted by Gasteiger charge is -2.09. The summed E-state index contributed by atoms with van der Waals surface area (Å²) in [7, 11) is -3.73.